The third-order valence-corrected chi connectivity index (χ3v) is 5.54. The van der Waals surface area contributed by atoms with Crippen molar-refractivity contribution in [1.82, 2.24) is 15.0 Å². The van der Waals surface area contributed by atoms with Crippen LogP contribution < -0.4 is 5.32 Å². The minimum atomic E-state index is -0.217. The van der Waals surface area contributed by atoms with Crippen LogP contribution in [0.1, 0.15) is 36.4 Å². The molecule has 4 rings (SSSR count). The van der Waals surface area contributed by atoms with Gasteiger partial charge in [0.15, 0.2) is 5.78 Å². The lowest BCUT2D eigenvalue weighted by molar-refractivity contribution is -0.128. The molecule has 1 fully saturated rings. The van der Waals surface area contributed by atoms with Gasteiger partial charge in [-0.1, -0.05) is 59.2 Å². The number of hydrogen-bond donors (Lipinski definition) is 1. The van der Waals surface area contributed by atoms with Gasteiger partial charge in [0, 0.05) is 23.7 Å². The SMILES string of the molecule is Cc1ccc(NC[C@@H]2CCCC(n3cc(-c4ccc(C)cc4)nn3)C2=O)cc1. The van der Waals surface area contributed by atoms with Crippen LogP contribution in [-0.4, -0.2) is 27.3 Å². The number of hydrogen-bond acceptors (Lipinski definition) is 4. The Hall–Kier alpha value is -2.95. The molecule has 1 heterocycles. The Morgan fingerprint density at radius 1 is 1.00 bits per heavy atom. The molecular formula is C23H26N4O. The van der Waals surface area contributed by atoms with Crippen molar-refractivity contribution in [3.8, 4) is 11.3 Å². The van der Waals surface area contributed by atoms with Gasteiger partial charge in [0.05, 0.1) is 6.20 Å². The maximum Gasteiger partial charge on any atom is 0.162 e. The molecule has 2 aromatic carbocycles. The molecule has 0 bridgehead atoms. The van der Waals surface area contributed by atoms with Crippen LogP contribution in [-0.2, 0) is 4.79 Å². The van der Waals surface area contributed by atoms with Crippen molar-refractivity contribution in [2.75, 3.05) is 11.9 Å². The van der Waals surface area contributed by atoms with E-state index in [-0.39, 0.29) is 17.7 Å². The summed E-state index contributed by atoms with van der Waals surface area (Å²) in [5.74, 6) is 0.262. The van der Waals surface area contributed by atoms with Crippen molar-refractivity contribution in [1.29, 1.82) is 0 Å². The highest BCUT2D eigenvalue weighted by molar-refractivity contribution is 5.86. The summed E-state index contributed by atoms with van der Waals surface area (Å²) in [6.45, 7) is 4.80. The summed E-state index contributed by atoms with van der Waals surface area (Å²) in [5.41, 5.74) is 5.34. The number of aryl methyl sites for hydroxylation is 2. The van der Waals surface area contributed by atoms with Gasteiger partial charge in [-0.2, -0.15) is 0 Å². The number of ketones is 1. The first-order valence-corrected chi connectivity index (χ1v) is 9.93. The van der Waals surface area contributed by atoms with E-state index < -0.39 is 0 Å². The number of benzene rings is 2. The molecule has 1 aliphatic carbocycles. The molecule has 0 amide bonds. The van der Waals surface area contributed by atoms with Crippen molar-refractivity contribution >= 4 is 11.5 Å². The second-order valence-corrected chi connectivity index (χ2v) is 7.74. The fourth-order valence-electron chi connectivity index (χ4n) is 3.78. The number of carbonyl (C=O) groups is 1. The van der Waals surface area contributed by atoms with Crippen molar-refractivity contribution in [2.24, 2.45) is 5.92 Å². The second kappa shape index (κ2) is 7.97. The van der Waals surface area contributed by atoms with Crippen LogP contribution in [0, 0.1) is 19.8 Å². The Morgan fingerprint density at radius 2 is 1.68 bits per heavy atom. The molecule has 1 unspecified atom stereocenters. The second-order valence-electron chi connectivity index (χ2n) is 7.74. The van der Waals surface area contributed by atoms with Crippen LogP contribution >= 0.6 is 0 Å². The molecule has 2 atom stereocenters. The van der Waals surface area contributed by atoms with Gasteiger partial charge in [-0.25, -0.2) is 4.68 Å². The van der Waals surface area contributed by atoms with E-state index in [2.05, 4.69) is 65.9 Å². The number of nitrogens with one attached hydrogen (secondary N) is 1. The van der Waals surface area contributed by atoms with Gasteiger partial charge < -0.3 is 5.32 Å². The van der Waals surface area contributed by atoms with Gasteiger partial charge in [-0.15, -0.1) is 5.10 Å². The third-order valence-electron chi connectivity index (χ3n) is 5.54. The first kappa shape index (κ1) is 18.4. The van der Waals surface area contributed by atoms with Gasteiger partial charge in [0.1, 0.15) is 11.7 Å². The lowest BCUT2D eigenvalue weighted by Gasteiger charge is -2.28. The number of Topliss-reactive ketones (excluding diaryl/α,β-unsaturated/α-hetero) is 1. The average molecular weight is 374 g/mol. The predicted octanol–water partition coefficient (Wildman–Crippen LogP) is 4.58. The molecule has 28 heavy (non-hydrogen) atoms. The summed E-state index contributed by atoms with van der Waals surface area (Å²) in [6, 6.07) is 16.3. The lowest BCUT2D eigenvalue weighted by atomic mass is 9.84. The summed E-state index contributed by atoms with van der Waals surface area (Å²) in [6.07, 6.45) is 4.68. The highest BCUT2D eigenvalue weighted by Crippen LogP contribution is 2.30. The maximum atomic E-state index is 13.1. The zero-order valence-electron chi connectivity index (χ0n) is 16.4. The van der Waals surface area contributed by atoms with E-state index in [9.17, 15) is 4.79 Å². The molecule has 0 radical (unpaired) electrons. The Balaban J connectivity index is 1.44. The molecule has 0 aliphatic heterocycles. The number of aromatic nitrogens is 3. The van der Waals surface area contributed by atoms with Crippen LogP contribution in [0.2, 0.25) is 0 Å². The zero-order chi connectivity index (χ0) is 19.5. The van der Waals surface area contributed by atoms with E-state index in [0.29, 0.717) is 6.54 Å². The van der Waals surface area contributed by atoms with E-state index in [1.165, 1.54) is 11.1 Å². The van der Waals surface area contributed by atoms with Gasteiger partial charge in [-0.3, -0.25) is 4.79 Å². The van der Waals surface area contributed by atoms with Gasteiger partial charge in [-0.05, 0) is 38.8 Å². The molecule has 1 saturated carbocycles. The summed E-state index contributed by atoms with van der Waals surface area (Å²) in [5, 5.41) is 12.0. The molecule has 0 spiro atoms. The Morgan fingerprint density at radius 3 is 2.39 bits per heavy atom. The van der Waals surface area contributed by atoms with Crippen LogP contribution in [0.25, 0.3) is 11.3 Å². The lowest BCUT2D eigenvalue weighted by Crippen LogP contribution is -2.34. The van der Waals surface area contributed by atoms with Crippen molar-refractivity contribution in [3.05, 3.63) is 65.9 Å². The van der Waals surface area contributed by atoms with Crippen LogP contribution in [0.4, 0.5) is 5.69 Å². The molecule has 0 saturated heterocycles. The van der Waals surface area contributed by atoms with E-state index >= 15 is 0 Å². The third kappa shape index (κ3) is 3.98. The minimum Gasteiger partial charge on any atom is -0.384 e. The summed E-state index contributed by atoms with van der Waals surface area (Å²) in [4.78, 5) is 13.1. The van der Waals surface area contributed by atoms with Crippen molar-refractivity contribution in [3.63, 3.8) is 0 Å². The van der Waals surface area contributed by atoms with Crippen LogP contribution in [0.3, 0.4) is 0 Å². The van der Waals surface area contributed by atoms with Crippen molar-refractivity contribution < 1.29 is 4.79 Å². The van der Waals surface area contributed by atoms with Crippen molar-refractivity contribution in [2.45, 2.75) is 39.2 Å². The zero-order valence-corrected chi connectivity index (χ0v) is 16.4. The van der Waals surface area contributed by atoms with E-state index in [0.717, 1.165) is 36.2 Å². The number of nitrogens with zero attached hydrogens (tertiary/aromatic N) is 3. The Kier molecular flexibility index (Phi) is 5.24. The maximum absolute atomic E-state index is 13.1. The minimum absolute atomic E-state index is 0.00655. The largest absolute Gasteiger partial charge is 0.384 e. The monoisotopic (exact) mass is 374 g/mol. The Bertz CT molecular complexity index is 943. The fraction of sp³-hybridized carbons (Fsp3) is 0.348. The average Bonchev–Trinajstić information content (AvgIpc) is 3.19. The fourth-order valence-corrected chi connectivity index (χ4v) is 3.78. The van der Waals surface area contributed by atoms with Gasteiger partial charge in [0.25, 0.3) is 0 Å². The van der Waals surface area contributed by atoms with E-state index in [4.69, 9.17) is 0 Å². The molecular weight excluding hydrogens is 348 g/mol. The summed E-state index contributed by atoms with van der Waals surface area (Å²) >= 11 is 0. The summed E-state index contributed by atoms with van der Waals surface area (Å²) in [7, 11) is 0. The summed E-state index contributed by atoms with van der Waals surface area (Å²) < 4.78 is 1.76. The normalized spacial score (nSPS) is 19.6. The van der Waals surface area contributed by atoms with Gasteiger partial charge in [0.2, 0.25) is 0 Å². The van der Waals surface area contributed by atoms with Gasteiger partial charge >= 0.3 is 0 Å². The quantitative estimate of drug-likeness (QED) is 0.710. The number of rotatable bonds is 5. The van der Waals surface area contributed by atoms with E-state index in [1.807, 2.05) is 18.3 Å². The Labute approximate surface area is 165 Å². The molecule has 1 aliphatic rings. The predicted molar refractivity (Wildman–Crippen MR) is 111 cm³/mol. The molecule has 5 heteroatoms. The highest BCUT2D eigenvalue weighted by atomic mass is 16.1. The number of anilines is 1. The number of carbonyl (C=O) groups excluding carboxylic acids is 1. The smallest absolute Gasteiger partial charge is 0.162 e. The molecule has 1 N–H and O–H groups in total. The topological polar surface area (TPSA) is 59.8 Å². The van der Waals surface area contributed by atoms with Crippen LogP contribution in [0.5, 0.6) is 0 Å². The molecule has 144 valence electrons. The van der Waals surface area contributed by atoms with Crippen LogP contribution in [0.15, 0.2) is 54.7 Å². The first-order valence-electron chi connectivity index (χ1n) is 9.93. The molecule has 3 aromatic rings. The first-order chi connectivity index (χ1) is 13.6. The molecule has 5 nitrogen and oxygen atoms in total. The standard InChI is InChI=1S/C23H26N4O/c1-16-6-10-18(11-7-16)21-15-27(26-25-21)22-5-3-4-19(23(22)28)14-24-20-12-8-17(2)9-13-20/h6-13,15,19,22,24H,3-5,14H2,1-2H3/t19-,22?/m0/s1. The highest BCUT2D eigenvalue weighted by Gasteiger charge is 2.33. The van der Waals surface area contributed by atoms with E-state index in [1.54, 1.807) is 4.68 Å². The molecule has 1 aromatic heterocycles.